The summed E-state index contributed by atoms with van der Waals surface area (Å²) in [5.41, 5.74) is 0.976. The van der Waals surface area contributed by atoms with Crippen LogP contribution >= 0.6 is 0 Å². The maximum absolute atomic E-state index is 11.7. The first kappa shape index (κ1) is 18.8. The normalized spacial score (nSPS) is 18.0. The van der Waals surface area contributed by atoms with Crippen molar-refractivity contribution in [3.05, 3.63) is 23.8 Å². The number of carbonyl (C=O) groups excluding carboxylic acids is 1. The molecular formula is C18H26N2O6. The molecule has 3 rings (SSSR count). The molecule has 1 fully saturated rings. The van der Waals surface area contributed by atoms with Gasteiger partial charge in [-0.05, 0) is 24.6 Å². The average molecular weight is 366 g/mol. The highest BCUT2D eigenvalue weighted by atomic mass is 16.7. The third-order valence-electron chi connectivity index (χ3n) is 4.38. The minimum absolute atomic E-state index is 0.252. The molecular weight excluding hydrogens is 340 g/mol. The number of rotatable bonds is 7. The summed E-state index contributed by atoms with van der Waals surface area (Å²) in [6.07, 6.45) is -0.835. The van der Waals surface area contributed by atoms with Gasteiger partial charge in [-0.15, -0.1) is 0 Å². The summed E-state index contributed by atoms with van der Waals surface area (Å²) in [6.45, 7) is 6.30. The zero-order valence-corrected chi connectivity index (χ0v) is 15.1. The average Bonchev–Trinajstić information content (AvgIpc) is 3.10. The number of fused-ring (bicyclic) bond motifs is 1. The molecule has 2 aliphatic heterocycles. The molecule has 8 heteroatoms. The van der Waals surface area contributed by atoms with Crippen molar-refractivity contribution >= 4 is 6.09 Å². The number of hydrogen-bond acceptors (Lipinski definition) is 7. The van der Waals surface area contributed by atoms with Crippen molar-refractivity contribution in [3.63, 3.8) is 0 Å². The highest BCUT2D eigenvalue weighted by molar-refractivity contribution is 5.67. The summed E-state index contributed by atoms with van der Waals surface area (Å²) in [4.78, 5) is 15.5. The van der Waals surface area contributed by atoms with E-state index in [1.54, 1.807) is 11.8 Å². The molecule has 8 nitrogen and oxygen atoms in total. The van der Waals surface area contributed by atoms with Crippen LogP contribution in [0.1, 0.15) is 12.5 Å². The van der Waals surface area contributed by atoms with Gasteiger partial charge in [0, 0.05) is 32.7 Å². The number of amides is 1. The van der Waals surface area contributed by atoms with Crippen molar-refractivity contribution in [2.75, 3.05) is 52.7 Å². The van der Waals surface area contributed by atoms with Crippen molar-refractivity contribution in [3.8, 4) is 11.5 Å². The molecule has 0 unspecified atom stereocenters. The molecule has 0 aliphatic carbocycles. The molecule has 0 aromatic heterocycles. The first-order chi connectivity index (χ1) is 12.7. The number of piperazine rings is 1. The van der Waals surface area contributed by atoms with E-state index >= 15 is 0 Å². The number of carbonyl (C=O) groups is 1. The van der Waals surface area contributed by atoms with Gasteiger partial charge in [-0.1, -0.05) is 6.07 Å². The van der Waals surface area contributed by atoms with Crippen molar-refractivity contribution in [2.45, 2.75) is 19.6 Å². The summed E-state index contributed by atoms with van der Waals surface area (Å²) >= 11 is 0. The topological polar surface area (TPSA) is 80.7 Å². The quantitative estimate of drug-likeness (QED) is 0.773. The van der Waals surface area contributed by atoms with Crippen LogP contribution in [0.4, 0.5) is 4.79 Å². The molecule has 2 aliphatic rings. The lowest BCUT2D eigenvalue weighted by molar-refractivity contribution is 0.00117. The number of aliphatic hydroxyl groups is 1. The Morgan fingerprint density at radius 2 is 2.00 bits per heavy atom. The molecule has 1 atom stereocenters. The summed E-state index contributed by atoms with van der Waals surface area (Å²) < 4.78 is 21.2. The van der Waals surface area contributed by atoms with Gasteiger partial charge in [-0.3, -0.25) is 4.90 Å². The molecule has 0 radical (unpaired) electrons. The van der Waals surface area contributed by atoms with E-state index in [1.807, 2.05) is 18.2 Å². The lowest BCUT2D eigenvalue weighted by Gasteiger charge is -2.34. The number of ether oxygens (including phenoxy) is 4. The number of hydrogen-bond donors (Lipinski definition) is 1. The molecule has 2 heterocycles. The van der Waals surface area contributed by atoms with Gasteiger partial charge < -0.3 is 29.0 Å². The van der Waals surface area contributed by atoms with Crippen molar-refractivity contribution in [2.24, 2.45) is 0 Å². The minimum atomic E-state index is -0.571. The van der Waals surface area contributed by atoms with E-state index in [-0.39, 0.29) is 19.5 Å². The number of nitrogens with zero attached hydrogens (tertiary/aromatic N) is 2. The van der Waals surface area contributed by atoms with Crippen LogP contribution in [-0.4, -0.2) is 79.8 Å². The van der Waals surface area contributed by atoms with Crippen LogP contribution in [0.5, 0.6) is 11.5 Å². The maximum atomic E-state index is 11.7. The number of aliphatic hydroxyl groups excluding tert-OH is 1. The first-order valence-corrected chi connectivity index (χ1v) is 8.94. The molecule has 0 bridgehead atoms. The molecule has 1 saturated heterocycles. The number of β-amino-alcohol motifs (C(OH)–C–C–N with tert-alkyl or cyclic N) is 1. The van der Waals surface area contributed by atoms with E-state index < -0.39 is 6.10 Å². The third-order valence-corrected chi connectivity index (χ3v) is 4.38. The number of benzene rings is 1. The van der Waals surface area contributed by atoms with Crippen LogP contribution in [-0.2, 0) is 16.1 Å². The van der Waals surface area contributed by atoms with E-state index in [9.17, 15) is 9.90 Å². The van der Waals surface area contributed by atoms with Gasteiger partial charge in [0.2, 0.25) is 6.79 Å². The summed E-state index contributed by atoms with van der Waals surface area (Å²) in [7, 11) is 0. The Morgan fingerprint density at radius 3 is 2.77 bits per heavy atom. The molecule has 0 spiro atoms. The highest BCUT2D eigenvalue weighted by Gasteiger charge is 2.23. The monoisotopic (exact) mass is 366 g/mol. The largest absolute Gasteiger partial charge is 0.454 e. The maximum Gasteiger partial charge on any atom is 0.409 e. The van der Waals surface area contributed by atoms with E-state index in [0.717, 1.165) is 30.2 Å². The van der Waals surface area contributed by atoms with E-state index in [2.05, 4.69) is 4.90 Å². The Balaban J connectivity index is 1.33. The zero-order chi connectivity index (χ0) is 18.4. The molecule has 0 saturated carbocycles. The fourth-order valence-electron chi connectivity index (χ4n) is 3.02. The second kappa shape index (κ2) is 9.07. The second-order valence-electron chi connectivity index (χ2n) is 6.34. The minimum Gasteiger partial charge on any atom is -0.454 e. The summed E-state index contributed by atoms with van der Waals surface area (Å²) in [6, 6.07) is 5.68. The fraction of sp³-hybridized carbons (Fsp3) is 0.611. The fourth-order valence-corrected chi connectivity index (χ4v) is 3.02. The van der Waals surface area contributed by atoms with Crippen molar-refractivity contribution < 1.29 is 28.8 Å². The van der Waals surface area contributed by atoms with Crippen molar-refractivity contribution in [1.82, 2.24) is 9.80 Å². The predicted octanol–water partition coefficient (Wildman–Crippen LogP) is 1.07. The Hall–Kier alpha value is -2.03. The van der Waals surface area contributed by atoms with E-state index in [0.29, 0.717) is 32.8 Å². The Bertz CT molecular complexity index is 603. The van der Waals surface area contributed by atoms with Gasteiger partial charge in [-0.25, -0.2) is 4.79 Å². The lowest BCUT2D eigenvalue weighted by Crippen LogP contribution is -2.50. The molecule has 26 heavy (non-hydrogen) atoms. The van der Waals surface area contributed by atoms with E-state index in [4.69, 9.17) is 18.9 Å². The van der Waals surface area contributed by atoms with Crippen molar-refractivity contribution in [1.29, 1.82) is 0 Å². The SMILES string of the molecule is CCOC(=O)N1CCN(C[C@H](O)COCc2ccc3c(c2)OCO3)CC1. The Labute approximate surface area is 153 Å². The van der Waals surface area contributed by atoms with Gasteiger partial charge in [0.05, 0.1) is 25.9 Å². The smallest absolute Gasteiger partial charge is 0.409 e. The molecule has 1 amide bonds. The molecule has 144 valence electrons. The van der Waals surface area contributed by atoms with Gasteiger partial charge in [-0.2, -0.15) is 0 Å². The van der Waals surface area contributed by atoms with Crippen LogP contribution in [0.3, 0.4) is 0 Å². The molecule has 1 N–H and O–H groups in total. The second-order valence-corrected chi connectivity index (χ2v) is 6.34. The predicted molar refractivity (Wildman–Crippen MR) is 93.3 cm³/mol. The lowest BCUT2D eigenvalue weighted by atomic mass is 10.2. The van der Waals surface area contributed by atoms with Crippen LogP contribution in [0, 0.1) is 0 Å². The third kappa shape index (κ3) is 5.00. The van der Waals surface area contributed by atoms with Crippen LogP contribution < -0.4 is 9.47 Å². The Morgan fingerprint density at radius 1 is 1.23 bits per heavy atom. The zero-order valence-electron chi connectivity index (χ0n) is 15.1. The van der Waals surface area contributed by atoms with E-state index in [1.165, 1.54) is 0 Å². The highest BCUT2D eigenvalue weighted by Crippen LogP contribution is 2.32. The van der Waals surface area contributed by atoms with Gasteiger partial charge in [0.25, 0.3) is 0 Å². The van der Waals surface area contributed by atoms with Gasteiger partial charge >= 0.3 is 6.09 Å². The summed E-state index contributed by atoms with van der Waals surface area (Å²) in [5, 5.41) is 10.2. The van der Waals surface area contributed by atoms with Crippen LogP contribution in [0.15, 0.2) is 18.2 Å². The standard InChI is InChI=1S/C18H26N2O6/c1-2-24-18(22)20-7-5-19(6-8-20)10-15(21)12-23-11-14-3-4-16-17(9-14)26-13-25-16/h3-4,9,15,21H,2,5-8,10-13H2,1H3/t15-/m0/s1. The van der Waals surface area contributed by atoms with Gasteiger partial charge in [0.1, 0.15) is 0 Å². The first-order valence-electron chi connectivity index (χ1n) is 8.94. The van der Waals surface area contributed by atoms with Gasteiger partial charge in [0.15, 0.2) is 11.5 Å². The van der Waals surface area contributed by atoms with Crippen LogP contribution in [0.2, 0.25) is 0 Å². The Kier molecular flexibility index (Phi) is 6.54. The van der Waals surface area contributed by atoms with Crippen LogP contribution in [0.25, 0.3) is 0 Å². The summed E-state index contributed by atoms with van der Waals surface area (Å²) in [5.74, 6) is 1.47. The molecule has 1 aromatic rings. The molecule has 1 aromatic carbocycles.